The van der Waals surface area contributed by atoms with E-state index in [1.165, 1.54) is 20.1 Å². The first-order chi connectivity index (χ1) is 15.8. The van der Waals surface area contributed by atoms with E-state index in [0.29, 0.717) is 48.9 Å². The number of carbonyl (C=O) groups excluding carboxylic acids is 3. The highest BCUT2D eigenvalue weighted by atomic mass is 19.1. The summed E-state index contributed by atoms with van der Waals surface area (Å²) in [5.41, 5.74) is 2.32. The molecule has 1 fully saturated rings. The van der Waals surface area contributed by atoms with E-state index in [2.05, 4.69) is 10.6 Å². The molecule has 2 aromatic carbocycles. The largest absolute Gasteiger partial charge is 0.495 e. The molecule has 8 nitrogen and oxygen atoms in total. The van der Waals surface area contributed by atoms with Crippen molar-refractivity contribution in [1.29, 1.82) is 0 Å². The number of halogens is 1. The molecule has 2 amide bonds. The van der Waals surface area contributed by atoms with Gasteiger partial charge in [-0.05, 0) is 49.7 Å². The highest BCUT2D eigenvalue weighted by Gasteiger charge is 2.22. The summed E-state index contributed by atoms with van der Waals surface area (Å²) in [6.07, 6.45) is 0. The van der Waals surface area contributed by atoms with Crippen LogP contribution >= 0.6 is 0 Å². The summed E-state index contributed by atoms with van der Waals surface area (Å²) in [5, 5.41) is 5.38. The van der Waals surface area contributed by atoms with Gasteiger partial charge in [-0.2, -0.15) is 0 Å². The number of hydrogen-bond donors (Lipinski definition) is 2. The van der Waals surface area contributed by atoms with E-state index >= 15 is 0 Å². The fourth-order valence-electron chi connectivity index (χ4n) is 3.68. The number of methoxy groups -OCH3 is 1. The molecule has 0 saturated carbocycles. The van der Waals surface area contributed by atoms with E-state index in [9.17, 15) is 18.8 Å². The van der Waals surface area contributed by atoms with Crippen LogP contribution in [0.2, 0.25) is 0 Å². The molecule has 9 heteroatoms. The molecular formula is C24H29FN4O4. The number of ether oxygens (including phenoxy) is 1. The van der Waals surface area contributed by atoms with Gasteiger partial charge in [-0.15, -0.1) is 0 Å². The summed E-state index contributed by atoms with van der Waals surface area (Å²) in [6.45, 7) is 5.58. The Morgan fingerprint density at radius 2 is 1.76 bits per heavy atom. The van der Waals surface area contributed by atoms with Crippen molar-refractivity contribution < 1.29 is 23.5 Å². The summed E-state index contributed by atoms with van der Waals surface area (Å²) in [4.78, 5) is 39.8. The number of benzene rings is 2. The van der Waals surface area contributed by atoms with Gasteiger partial charge < -0.3 is 20.3 Å². The molecule has 33 heavy (non-hydrogen) atoms. The molecule has 3 rings (SSSR count). The van der Waals surface area contributed by atoms with Gasteiger partial charge in [0.1, 0.15) is 11.6 Å². The Morgan fingerprint density at radius 3 is 2.39 bits per heavy atom. The van der Waals surface area contributed by atoms with Crippen molar-refractivity contribution in [2.45, 2.75) is 13.8 Å². The first-order valence-electron chi connectivity index (χ1n) is 10.8. The second-order valence-electron chi connectivity index (χ2n) is 8.01. The third-order valence-electron chi connectivity index (χ3n) is 5.51. The minimum atomic E-state index is -0.426. The highest BCUT2D eigenvalue weighted by molar-refractivity contribution is 5.96. The van der Waals surface area contributed by atoms with Gasteiger partial charge in [-0.25, -0.2) is 4.39 Å². The molecule has 176 valence electrons. The van der Waals surface area contributed by atoms with Crippen molar-refractivity contribution in [3.63, 3.8) is 0 Å². The number of piperazine rings is 1. The molecule has 2 N–H and O–H groups in total. The summed E-state index contributed by atoms with van der Waals surface area (Å²) < 4.78 is 19.6. The number of nitrogens with zero attached hydrogens (tertiary/aromatic N) is 2. The molecule has 0 bridgehead atoms. The van der Waals surface area contributed by atoms with Gasteiger partial charge in [0.15, 0.2) is 5.78 Å². The third kappa shape index (κ3) is 6.52. The van der Waals surface area contributed by atoms with E-state index in [1.54, 1.807) is 24.3 Å². The van der Waals surface area contributed by atoms with Crippen LogP contribution in [0.3, 0.4) is 0 Å². The Hall–Kier alpha value is -3.46. The normalized spacial score (nSPS) is 14.0. The topological polar surface area (TPSA) is 91.0 Å². The SMILES string of the molecule is COc1ccc(C)cc1NC(=O)CNC(=O)CN1CCN(c2ccc(C(C)=O)cc2F)CC1. The molecule has 0 unspecified atom stereocenters. The van der Waals surface area contributed by atoms with E-state index in [1.807, 2.05) is 22.8 Å². The van der Waals surface area contributed by atoms with Crippen LogP contribution in [0.15, 0.2) is 36.4 Å². The highest BCUT2D eigenvalue weighted by Crippen LogP contribution is 2.25. The monoisotopic (exact) mass is 456 g/mol. The Kier molecular flexibility index (Phi) is 8.00. The van der Waals surface area contributed by atoms with Crippen molar-refractivity contribution in [2.75, 3.05) is 56.6 Å². The Labute approximate surface area is 192 Å². The fourth-order valence-corrected chi connectivity index (χ4v) is 3.68. The second-order valence-corrected chi connectivity index (χ2v) is 8.01. The summed E-state index contributed by atoms with van der Waals surface area (Å²) >= 11 is 0. The zero-order valence-corrected chi connectivity index (χ0v) is 19.1. The Morgan fingerprint density at radius 1 is 1.03 bits per heavy atom. The van der Waals surface area contributed by atoms with Crippen LogP contribution < -0.4 is 20.3 Å². The number of hydrogen-bond acceptors (Lipinski definition) is 6. The maximum atomic E-state index is 14.4. The number of carbonyl (C=O) groups is 3. The quantitative estimate of drug-likeness (QED) is 0.592. The number of rotatable bonds is 8. The third-order valence-corrected chi connectivity index (χ3v) is 5.51. The molecule has 0 radical (unpaired) electrons. The summed E-state index contributed by atoms with van der Waals surface area (Å²) in [6, 6.07) is 9.95. The van der Waals surface area contributed by atoms with Crippen LogP contribution in [0.4, 0.5) is 15.8 Å². The van der Waals surface area contributed by atoms with Crippen LogP contribution in [0.5, 0.6) is 5.75 Å². The van der Waals surface area contributed by atoms with Gasteiger partial charge in [-0.3, -0.25) is 19.3 Å². The fraction of sp³-hybridized carbons (Fsp3) is 0.375. The Bertz CT molecular complexity index is 1040. The zero-order chi connectivity index (χ0) is 24.0. The number of ketones is 1. The van der Waals surface area contributed by atoms with Crippen LogP contribution in [0.1, 0.15) is 22.8 Å². The number of anilines is 2. The lowest BCUT2D eigenvalue weighted by Crippen LogP contribution is -2.50. The summed E-state index contributed by atoms with van der Waals surface area (Å²) in [5.74, 6) is -0.660. The van der Waals surface area contributed by atoms with Crippen molar-refractivity contribution in [2.24, 2.45) is 0 Å². The molecule has 1 aliphatic rings. The van der Waals surface area contributed by atoms with E-state index in [4.69, 9.17) is 4.74 Å². The van der Waals surface area contributed by atoms with Crippen LogP contribution in [-0.2, 0) is 9.59 Å². The van der Waals surface area contributed by atoms with Gasteiger partial charge in [0.05, 0.1) is 31.6 Å². The van der Waals surface area contributed by atoms with Gasteiger partial charge in [0.2, 0.25) is 11.8 Å². The van der Waals surface area contributed by atoms with Crippen molar-refractivity contribution in [1.82, 2.24) is 10.2 Å². The van der Waals surface area contributed by atoms with Crippen molar-refractivity contribution in [3.05, 3.63) is 53.3 Å². The second kappa shape index (κ2) is 10.9. The zero-order valence-electron chi connectivity index (χ0n) is 19.1. The standard InChI is InChI=1S/C24H29FN4O4/c1-16-4-7-22(33-3)20(12-16)27-23(31)14-26-24(32)15-28-8-10-29(11-9-28)21-6-5-18(17(2)30)13-19(21)25/h4-7,12-13H,8-11,14-15H2,1-3H3,(H,26,32)(H,27,31). The average Bonchev–Trinajstić information content (AvgIpc) is 2.78. The van der Waals surface area contributed by atoms with Gasteiger partial charge in [-0.1, -0.05) is 6.07 Å². The number of Topliss-reactive ketones (excluding diaryl/α,β-unsaturated/α-hetero) is 1. The molecule has 0 aliphatic carbocycles. The minimum absolute atomic E-state index is 0.149. The van der Waals surface area contributed by atoms with E-state index < -0.39 is 5.82 Å². The van der Waals surface area contributed by atoms with Crippen LogP contribution in [0, 0.1) is 12.7 Å². The minimum Gasteiger partial charge on any atom is -0.495 e. The molecule has 0 atom stereocenters. The Balaban J connectivity index is 1.44. The average molecular weight is 457 g/mol. The van der Waals surface area contributed by atoms with E-state index in [-0.39, 0.29) is 30.7 Å². The number of aryl methyl sites for hydroxylation is 1. The van der Waals surface area contributed by atoms with E-state index in [0.717, 1.165) is 5.56 Å². The number of amides is 2. The molecule has 0 aromatic heterocycles. The first kappa shape index (κ1) is 24.2. The first-order valence-corrected chi connectivity index (χ1v) is 10.8. The molecule has 1 saturated heterocycles. The number of nitrogens with one attached hydrogen (secondary N) is 2. The van der Waals surface area contributed by atoms with Crippen molar-refractivity contribution in [3.8, 4) is 5.75 Å². The lowest BCUT2D eigenvalue weighted by molar-refractivity contribution is -0.125. The maximum Gasteiger partial charge on any atom is 0.243 e. The lowest BCUT2D eigenvalue weighted by Gasteiger charge is -2.35. The lowest BCUT2D eigenvalue weighted by atomic mass is 10.1. The molecule has 0 spiro atoms. The van der Waals surface area contributed by atoms with Crippen LogP contribution in [0.25, 0.3) is 0 Å². The van der Waals surface area contributed by atoms with Crippen molar-refractivity contribution >= 4 is 29.0 Å². The molecule has 2 aromatic rings. The van der Waals surface area contributed by atoms with Gasteiger partial charge in [0, 0.05) is 31.7 Å². The predicted molar refractivity (Wildman–Crippen MR) is 124 cm³/mol. The molecular weight excluding hydrogens is 427 g/mol. The van der Waals surface area contributed by atoms with Gasteiger partial charge in [0.25, 0.3) is 0 Å². The van der Waals surface area contributed by atoms with Gasteiger partial charge >= 0.3 is 0 Å². The summed E-state index contributed by atoms with van der Waals surface area (Å²) in [7, 11) is 1.53. The predicted octanol–water partition coefficient (Wildman–Crippen LogP) is 2.22. The maximum absolute atomic E-state index is 14.4. The van der Waals surface area contributed by atoms with Crippen LogP contribution in [-0.4, -0.2) is 68.9 Å². The molecule has 1 heterocycles. The smallest absolute Gasteiger partial charge is 0.243 e. The molecule has 1 aliphatic heterocycles.